The van der Waals surface area contributed by atoms with Crippen molar-refractivity contribution < 1.29 is 9.90 Å². The summed E-state index contributed by atoms with van der Waals surface area (Å²) in [4.78, 5) is 12.6. The highest BCUT2D eigenvalue weighted by Crippen LogP contribution is 2.35. The van der Waals surface area contributed by atoms with Crippen molar-refractivity contribution in [1.82, 2.24) is 0 Å². The first-order valence-electron chi connectivity index (χ1n) is 7.70. The predicted molar refractivity (Wildman–Crippen MR) is 105 cm³/mol. The predicted octanol–water partition coefficient (Wildman–Crippen LogP) is 5.27. The molecule has 0 heterocycles. The summed E-state index contributed by atoms with van der Waals surface area (Å²) in [7, 11) is 0. The molecular formula is C19H24BrNO2S. The highest BCUT2D eigenvalue weighted by Gasteiger charge is 2.14. The minimum Gasteiger partial charge on any atom is -0.480 e. The van der Waals surface area contributed by atoms with Crippen molar-refractivity contribution in [3.8, 4) is 0 Å². The Morgan fingerprint density at radius 3 is 2.21 bits per heavy atom. The van der Waals surface area contributed by atoms with Crippen molar-refractivity contribution in [3.05, 3.63) is 58.1 Å². The monoisotopic (exact) mass is 409 g/mol. The Balaban J connectivity index is 0.000000307. The van der Waals surface area contributed by atoms with Crippen LogP contribution in [0.3, 0.4) is 0 Å². The fourth-order valence-electron chi connectivity index (χ4n) is 1.84. The number of aryl methyl sites for hydroxylation is 2. The van der Waals surface area contributed by atoms with Gasteiger partial charge in [0.25, 0.3) is 0 Å². The normalized spacial score (nSPS) is 11.6. The molecule has 3 nitrogen and oxygen atoms in total. The Morgan fingerprint density at radius 1 is 1.12 bits per heavy atom. The average molecular weight is 410 g/mol. The Hall–Kier alpha value is -1.30. The summed E-state index contributed by atoms with van der Waals surface area (Å²) < 4.78 is 1.15. The molecule has 2 aromatic rings. The lowest BCUT2D eigenvalue weighted by molar-refractivity contribution is -0.139. The van der Waals surface area contributed by atoms with Gasteiger partial charge < -0.3 is 10.8 Å². The molecule has 0 aliphatic heterocycles. The number of nitrogens with two attached hydrogens (primary N) is 1. The summed E-state index contributed by atoms with van der Waals surface area (Å²) in [5.41, 5.74) is 7.81. The number of hydrogen-bond donors (Lipinski definition) is 2. The molecule has 0 fully saturated rings. The summed E-state index contributed by atoms with van der Waals surface area (Å²) >= 11 is 5.37. The average Bonchev–Trinajstić information content (AvgIpc) is 2.51. The quantitative estimate of drug-likeness (QED) is 0.721. The first-order valence-corrected chi connectivity index (χ1v) is 9.31. The smallest absolute Gasteiger partial charge is 0.320 e. The second-order valence-electron chi connectivity index (χ2n) is 5.91. The van der Waals surface area contributed by atoms with Crippen molar-refractivity contribution in [2.24, 2.45) is 11.7 Å². The van der Waals surface area contributed by atoms with Gasteiger partial charge in [0.05, 0.1) is 0 Å². The molecule has 0 radical (unpaired) electrons. The number of carboxylic acid groups (broad SMARTS) is 1. The van der Waals surface area contributed by atoms with Crippen LogP contribution in [0.5, 0.6) is 0 Å². The van der Waals surface area contributed by atoms with Gasteiger partial charge in [0.2, 0.25) is 0 Å². The summed E-state index contributed by atoms with van der Waals surface area (Å²) in [6.45, 7) is 7.84. The third-order valence-electron chi connectivity index (χ3n) is 3.39. The molecule has 0 aromatic heterocycles. The van der Waals surface area contributed by atoms with Crippen LogP contribution in [0.25, 0.3) is 0 Å². The van der Waals surface area contributed by atoms with Crippen LogP contribution in [0.4, 0.5) is 0 Å². The molecule has 130 valence electrons. The number of carboxylic acids is 1. The molecule has 5 heteroatoms. The Kier molecular flexibility index (Phi) is 8.53. The molecule has 0 aliphatic carbocycles. The lowest BCUT2D eigenvalue weighted by Gasteiger charge is -2.07. The molecule has 0 saturated heterocycles. The minimum absolute atomic E-state index is 0.0208. The highest BCUT2D eigenvalue weighted by molar-refractivity contribution is 9.10. The number of rotatable bonds is 4. The zero-order chi connectivity index (χ0) is 18.3. The number of halogens is 1. The van der Waals surface area contributed by atoms with E-state index in [2.05, 4.69) is 66.2 Å². The largest absolute Gasteiger partial charge is 0.480 e. The van der Waals surface area contributed by atoms with Crippen LogP contribution >= 0.6 is 27.7 Å². The minimum atomic E-state index is -0.931. The molecule has 0 saturated carbocycles. The first kappa shape index (κ1) is 20.7. The molecule has 0 bridgehead atoms. The standard InChI is InChI=1S/C14H13BrS.C5H11NO2/c1-10-7-8-13(11(2)9-10)16-14-6-4-3-5-12(14)15;1-3(2)4(6)5(7)8/h3-9H,1-2H3;3-4H,6H2,1-2H3,(H,7,8)/t;4-/m.0/s1. The second kappa shape index (κ2) is 9.87. The van der Waals surface area contributed by atoms with Gasteiger partial charge in [0.15, 0.2) is 0 Å². The first-order chi connectivity index (χ1) is 11.2. The molecule has 24 heavy (non-hydrogen) atoms. The summed E-state index contributed by atoms with van der Waals surface area (Å²) in [5.74, 6) is -0.910. The molecule has 0 amide bonds. The van der Waals surface area contributed by atoms with Crippen LogP contribution in [0.1, 0.15) is 25.0 Å². The Labute approximate surface area is 156 Å². The number of benzene rings is 2. The zero-order valence-electron chi connectivity index (χ0n) is 14.4. The number of hydrogen-bond acceptors (Lipinski definition) is 3. The van der Waals surface area contributed by atoms with Crippen molar-refractivity contribution in [2.75, 3.05) is 0 Å². The van der Waals surface area contributed by atoms with Crippen molar-refractivity contribution in [1.29, 1.82) is 0 Å². The van der Waals surface area contributed by atoms with E-state index in [0.29, 0.717) is 0 Å². The van der Waals surface area contributed by atoms with Crippen molar-refractivity contribution in [3.63, 3.8) is 0 Å². The lowest BCUT2D eigenvalue weighted by Crippen LogP contribution is -2.34. The van der Waals surface area contributed by atoms with Gasteiger partial charge in [-0.1, -0.05) is 55.4 Å². The van der Waals surface area contributed by atoms with Crippen LogP contribution in [-0.2, 0) is 4.79 Å². The molecular weight excluding hydrogens is 386 g/mol. The van der Waals surface area contributed by atoms with Gasteiger partial charge in [-0.25, -0.2) is 0 Å². The maximum absolute atomic E-state index is 10.0. The molecule has 3 N–H and O–H groups in total. The summed E-state index contributed by atoms with van der Waals surface area (Å²) in [6, 6.07) is 14.2. The van der Waals surface area contributed by atoms with E-state index < -0.39 is 12.0 Å². The van der Waals surface area contributed by atoms with Gasteiger partial charge in [-0.2, -0.15) is 0 Å². The van der Waals surface area contributed by atoms with E-state index in [-0.39, 0.29) is 5.92 Å². The molecule has 0 aliphatic rings. The fourth-order valence-corrected chi connectivity index (χ4v) is 3.28. The maximum atomic E-state index is 10.0. The molecule has 2 rings (SSSR count). The van der Waals surface area contributed by atoms with Gasteiger partial charge in [0.1, 0.15) is 6.04 Å². The van der Waals surface area contributed by atoms with Crippen LogP contribution in [0.2, 0.25) is 0 Å². The van der Waals surface area contributed by atoms with Crippen LogP contribution in [0.15, 0.2) is 56.7 Å². The third kappa shape index (κ3) is 6.67. The van der Waals surface area contributed by atoms with Gasteiger partial charge in [-0.05, 0) is 59.5 Å². The fraction of sp³-hybridized carbons (Fsp3) is 0.316. The van der Waals surface area contributed by atoms with Crippen molar-refractivity contribution in [2.45, 2.75) is 43.5 Å². The maximum Gasteiger partial charge on any atom is 0.320 e. The van der Waals surface area contributed by atoms with Crippen LogP contribution in [-0.4, -0.2) is 17.1 Å². The summed E-state index contributed by atoms with van der Waals surface area (Å²) in [5, 5.41) is 8.23. The van der Waals surface area contributed by atoms with E-state index in [1.54, 1.807) is 25.6 Å². The lowest BCUT2D eigenvalue weighted by atomic mass is 10.1. The second-order valence-corrected chi connectivity index (χ2v) is 7.85. The van der Waals surface area contributed by atoms with Gasteiger partial charge in [-0.15, -0.1) is 0 Å². The highest BCUT2D eigenvalue weighted by atomic mass is 79.9. The van der Waals surface area contributed by atoms with Gasteiger partial charge in [-0.3, -0.25) is 4.79 Å². The van der Waals surface area contributed by atoms with E-state index in [1.807, 2.05) is 6.07 Å². The van der Waals surface area contributed by atoms with Crippen molar-refractivity contribution >= 4 is 33.7 Å². The van der Waals surface area contributed by atoms with E-state index >= 15 is 0 Å². The van der Waals surface area contributed by atoms with Gasteiger partial charge >= 0.3 is 5.97 Å². The van der Waals surface area contributed by atoms with E-state index in [9.17, 15) is 4.79 Å². The van der Waals surface area contributed by atoms with E-state index in [4.69, 9.17) is 10.8 Å². The van der Waals surface area contributed by atoms with Crippen LogP contribution in [0, 0.1) is 19.8 Å². The van der Waals surface area contributed by atoms with E-state index in [0.717, 1.165) is 4.47 Å². The Morgan fingerprint density at radius 2 is 1.75 bits per heavy atom. The SMILES string of the molecule is CC(C)[C@H](N)C(=O)O.Cc1ccc(Sc2ccccc2Br)c(C)c1. The van der Waals surface area contributed by atoms with E-state index in [1.165, 1.54) is 20.9 Å². The van der Waals surface area contributed by atoms with Crippen LogP contribution < -0.4 is 5.73 Å². The third-order valence-corrected chi connectivity index (χ3v) is 5.60. The van der Waals surface area contributed by atoms with Gasteiger partial charge in [0, 0.05) is 14.3 Å². The molecule has 0 spiro atoms. The molecule has 1 atom stereocenters. The molecule has 0 unspecified atom stereocenters. The Bertz CT molecular complexity index is 689. The number of carbonyl (C=O) groups is 1. The topological polar surface area (TPSA) is 63.3 Å². The summed E-state index contributed by atoms with van der Waals surface area (Å²) in [6.07, 6.45) is 0. The molecule has 2 aromatic carbocycles. The number of aliphatic carboxylic acids is 1. The zero-order valence-corrected chi connectivity index (χ0v) is 16.8.